The van der Waals surface area contributed by atoms with Crippen molar-refractivity contribution in [1.82, 2.24) is 0 Å². The van der Waals surface area contributed by atoms with Crippen molar-refractivity contribution in [2.45, 2.75) is 109 Å². The van der Waals surface area contributed by atoms with E-state index >= 15 is 0 Å². The number of ether oxygens (including phenoxy) is 1. The number of carbonyl (C=O) groups excluding carboxylic acids is 1. The van der Waals surface area contributed by atoms with E-state index in [0.717, 1.165) is 32.1 Å². The molecule has 0 aliphatic rings. The molecule has 8 N–H and O–H groups in total. The number of hydrogen-bond donors (Lipinski definition) is 5. The van der Waals surface area contributed by atoms with Crippen molar-refractivity contribution in [2.24, 2.45) is 17.2 Å². The fourth-order valence-corrected chi connectivity index (χ4v) is 2.77. The van der Waals surface area contributed by atoms with Gasteiger partial charge in [-0.2, -0.15) is 0 Å². The first-order chi connectivity index (χ1) is 14.8. The Labute approximate surface area is 187 Å². The number of esters is 1. The van der Waals surface area contributed by atoms with Crippen LogP contribution >= 0.6 is 0 Å². The molecule has 0 unspecified atom stereocenters. The summed E-state index contributed by atoms with van der Waals surface area (Å²) in [6.07, 6.45) is 14.0. The van der Waals surface area contributed by atoms with Gasteiger partial charge in [0.05, 0.1) is 13.0 Å². The summed E-state index contributed by atoms with van der Waals surface area (Å²) in [6.45, 7) is 3.16. The molecule has 0 aliphatic carbocycles. The molecule has 0 rings (SSSR count). The minimum atomic E-state index is -1.08. The van der Waals surface area contributed by atoms with Crippen molar-refractivity contribution < 1.29 is 29.3 Å². The maximum atomic E-state index is 11.3. The van der Waals surface area contributed by atoms with Gasteiger partial charge >= 0.3 is 17.9 Å². The van der Waals surface area contributed by atoms with E-state index < -0.39 is 30.0 Å². The van der Waals surface area contributed by atoms with Gasteiger partial charge in [0.1, 0.15) is 12.1 Å². The normalized spacial score (nSPS) is 12.4. The van der Waals surface area contributed by atoms with Crippen LogP contribution in [-0.2, 0) is 19.1 Å². The smallest absolute Gasteiger partial charge is 0.323 e. The zero-order valence-corrected chi connectivity index (χ0v) is 19.2. The van der Waals surface area contributed by atoms with Gasteiger partial charge in [0.2, 0.25) is 0 Å². The molecular formula is C22H45N3O6. The van der Waals surface area contributed by atoms with Crippen LogP contribution in [0.15, 0.2) is 0 Å². The molecular weight excluding hydrogens is 402 g/mol. The van der Waals surface area contributed by atoms with Crippen LogP contribution in [0.3, 0.4) is 0 Å². The topological polar surface area (TPSA) is 179 Å². The quantitative estimate of drug-likeness (QED) is 0.147. The number of aliphatic carboxylic acids is 2. The van der Waals surface area contributed by atoms with E-state index in [1.165, 1.54) is 44.9 Å². The highest BCUT2D eigenvalue weighted by molar-refractivity contribution is 5.81. The molecule has 31 heavy (non-hydrogen) atoms. The standard InChI is InChI=1S/C16H31NO4.C6H14N2O2/c1-2-3-4-5-6-7-8-9-10-11-12-21-16(20)14(17)13-15(18)19;7-4-2-1-3-5(8)6(9)10/h14H,2-13,17H2,1H3,(H,18,19);5H,1-4,7-8H2,(H,9,10)/t14-;5-/m00/s1. The SMILES string of the molecule is CCCCCCCCCCCCOC(=O)[C@@H](N)CC(=O)O.NCCCC[C@H](N)C(=O)O. The van der Waals surface area contributed by atoms with Crippen molar-refractivity contribution in [2.75, 3.05) is 13.2 Å². The van der Waals surface area contributed by atoms with Crippen molar-refractivity contribution >= 4 is 17.9 Å². The van der Waals surface area contributed by atoms with Crippen LogP contribution in [0.5, 0.6) is 0 Å². The molecule has 0 spiro atoms. The Kier molecular flexibility index (Phi) is 23.3. The summed E-state index contributed by atoms with van der Waals surface area (Å²) in [7, 11) is 0. The molecule has 0 saturated heterocycles. The molecule has 0 aromatic rings. The molecule has 0 aromatic heterocycles. The van der Waals surface area contributed by atoms with E-state index in [0.29, 0.717) is 19.6 Å². The molecule has 9 nitrogen and oxygen atoms in total. The van der Waals surface area contributed by atoms with Crippen LogP contribution in [0.4, 0.5) is 0 Å². The van der Waals surface area contributed by atoms with Gasteiger partial charge in [-0.05, 0) is 25.8 Å². The Hall–Kier alpha value is -1.71. The zero-order chi connectivity index (χ0) is 23.9. The summed E-state index contributed by atoms with van der Waals surface area (Å²) in [5, 5.41) is 16.8. The van der Waals surface area contributed by atoms with Gasteiger partial charge in [0, 0.05) is 0 Å². The molecule has 0 aliphatic heterocycles. The Balaban J connectivity index is 0. The maximum Gasteiger partial charge on any atom is 0.323 e. The average Bonchev–Trinajstić information content (AvgIpc) is 2.71. The summed E-state index contributed by atoms with van der Waals surface area (Å²) >= 11 is 0. The van der Waals surface area contributed by atoms with E-state index in [2.05, 4.69) is 6.92 Å². The Morgan fingerprint density at radius 3 is 1.74 bits per heavy atom. The van der Waals surface area contributed by atoms with Crippen molar-refractivity contribution in [3.63, 3.8) is 0 Å². The van der Waals surface area contributed by atoms with Gasteiger partial charge in [-0.25, -0.2) is 0 Å². The second-order valence-electron chi connectivity index (χ2n) is 7.78. The molecule has 0 saturated carbocycles. The van der Waals surface area contributed by atoms with Crippen LogP contribution in [-0.4, -0.2) is 53.4 Å². The maximum absolute atomic E-state index is 11.3. The second-order valence-corrected chi connectivity index (χ2v) is 7.78. The summed E-state index contributed by atoms with van der Waals surface area (Å²) in [5.41, 5.74) is 15.8. The van der Waals surface area contributed by atoms with Gasteiger partial charge in [0.25, 0.3) is 0 Å². The van der Waals surface area contributed by atoms with E-state index in [4.69, 9.17) is 32.2 Å². The molecule has 0 amide bonds. The first kappa shape index (κ1) is 31.5. The molecule has 0 heterocycles. The molecule has 0 bridgehead atoms. The van der Waals surface area contributed by atoms with Gasteiger partial charge in [-0.3, -0.25) is 14.4 Å². The van der Waals surface area contributed by atoms with E-state index in [1.807, 2.05) is 0 Å². The Morgan fingerprint density at radius 2 is 1.29 bits per heavy atom. The highest BCUT2D eigenvalue weighted by Crippen LogP contribution is 2.10. The minimum Gasteiger partial charge on any atom is -0.481 e. The number of rotatable bonds is 19. The molecule has 184 valence electrons. The fraction of sp³-hybridized carbons (Fsp3) is 0.864. The third-order valence-electron chi connectivity index (χ3n) is 4.73. The number of carboxylic acid groups (broad SMARTS) is 2. The lowest BCUT2D eigenvalue weighted by atomic mass is 10.1. The van der Waals surface area contributed by atoms with Crippen molar-refractivity contribution in [3.8, 4) is 0 Å². The van der Waals surface area contributed by atoms with Gasteiger partial charge < -0.3 is 32.2 Å². The summed E-state index contributed by atoms with van der Waals surface area (Å²) in [6, 6.07) is -1.77. The highest BCUT2D eigenvalue weighted by atomic mass is 16.5. The monoisotopic (exact) mass is 447 g/mol. The predicted molar refractivity (Wildman–Crippen MR) is 122 cm³/mol. The largest absolute Gasteiger partial charge is 0.481 e. The molecule has 0 aromatic carbocycles. The minimum absolute atomic E-state index is 0.336. The van der Waals surface area contributed by atoms with E-state index in [9.17, 15) is 14.4 Å². The summed E-state index contributed by atoms with van der Waals surface area (Å²) in [5.74, 6) is -2.64. The Bertz CT molecular complexity index is 463. The first-order valence-electron chi connectivity index (χ1n) is 11.6. The fourth-order valence-electron chi connectivity index (χ4n) is 2.77. The lowest BCUT2D eigenvalue weighted by molar-refractivity contribution is -0.149. The highest BCUT2D eigenvalue weighted by Gasteiger charge is 2.18. The van der Waals surface area contributed by atoms with Crippen LogP contribution in [0.2, 0.25) is 0 Å². The summed E-state index contributed by atoms with van der Waals surface area (Å²) in [4.78, 5) is 31.9. The first-order valence-corrected chi connectivity index (χ1v) is 11.6. The number of hydrogen-bond acceptors (Lipinski definition) is 7. The van der Waals surface area contributed by atoms with Crippen LogP contribution in [0, 0.1) is 0 Å². The molecule has 0 radical (unpaired) electrons. The second kappa shape index (κ2) is 23.0. The lowest BCUT2D eigenvalue weighted by Gasteiger charge is -2.09. The van der Waals surface area contributed by atoms with Gasteiger partial charge in [-0.1, -0.05) is 71.1 Å². The Morgan fingerprint density at radius 1 is 0.774 bits per heavy atom. The number of carboxylic acids is 2. The van der Waals surface area contributed by atoms with Crippen LogP contribution < -0.4 is 17.2 Å². The molecule has 9 heteroatoms. The third-order valence-corrected chi connectivity index (χ3v) is 4.73. The van der Waals surface area contributed by atoms with Crippen molar-refractivity contribution in [1.29, 1.82) is 0 Å². The average molecular weight is 448 g/mol. The van der Waals surface area contributed by atoms with Crippen molar-refractivity contribution in [3.05, 3.63) is 0 Å². The van der Waals surface area contributed by atoms with Crippen LogP contribution in [0.25, 0.3) is 0 Å². The predicted octanol–water partition coefficient (Wildman–Crippen LogP) is 2.78. The molecule has 2 atom stereocenters. The zero-order valence-electron chi connectivity index (χ0n) is 19.2. The third kappa shape index (κ3) is 24.4. The van der Waals surface area contributed by atoms with E-state index in [1.54, 1.807) is 0 Å². The number of nitrogens with two attached hydrogens (primary N) is 3. The lowest BCUT2D eigenvalue weighted by Crippen LogP contribution is -2.34. The number of unbranched alkanes of at least 4 members (excludes halogenated alkanes) is 10. The molecule has 0 fully saturated rings. The van der Waals surface area contributed by atoms with Gasteiger partial charge in [-0.15, -0.1) is 0 Å². The van der Waals surface area contributed by atoms with Gasteiger partial charge in [0.15, 0.2) is 0 Å². The van der Waals surface area contributed by atoms with Crippen LogP contribution in [0.1, 0.15) is 96.8 Å². The summed E-state index contributed by atoms with van der Waals surface area (Å²) < 4.78 is 4.95. The number of carbonyl (C=O) groups is 3. The van der Waals surface area contributed by atoms with E-state index in [-0.39, 0.29) is 6.42 Å².